The first-order chi connectivity index (χ1) is 8.18. The highest BCUT2D eigenvalue weighted by Gasteiger charge is 2.12. The van der Waals surface area contributed by atoms with E-state index in [4.69, 9.17) is 5.11 Å². The molecule has 0 unspecified atom stereocenters. The molecule has 0 radical (unpaired) electrons. The Hall–Kier alpha value is -1.88. The topological polar surface area (TPSA) is 54.6 Å². The molecule has 0 bridgehead atoms. The summed E-state index contributed by atoms with van der Waals surface area (Å²) >= 11 is 3.46. The van der Waals surface area contributed by atoms with Crippen molar-refractivity contribution in [1.82, 2.24) is 9.38 Å². The smallest absolute Gasteiger partial charge is 0.354 e. The average molecular weight is 291 g/mol. The molecular weight excluding hydrogens is 284 g/mol. The van der Waals surface area contributed by atoms with Crippen LogP contribution in [0.25, 0.3) is 16.4 Å². The van der Waals surface area contributed by atoms with Crippen LogP contribution in [0.2, 0.25) is 0 Å². The first-order valence-electron chi connectivity index (χ1n) is 4.96. The number of carboxylic acid groups (broad SMARTS) is 1. The summed E-state index contributed by atoms with van der Waals surface area (Å²) < 4.78 is 2.55. The fraction of sp³-hybridized carbons (Fsp3) is 0. The second-order valence-corrected chi connectivity index (χ2v) is 4.51. The van der Waals surface area contributed by atoms with Crippen molar-refractivity contribution in [2.24, 2.45) is 0 Å². The van der Waals surface area contributed by atoms with Crippen LogP contribution >= 0.6 is 15.9 Å². The Kier molecular flexibility index (Phi) is 2.16. The second kappa shape index (κ2) is 3.56. The van der Waals surface area contributed by atoms with E-state index < -0.39 is 5.97 Å². The zero-order valence-electron chi connectivity index (χ0n) is 8.59. The molecule has 17 heavy (non-hydrogen) atoms. The van der Waals surface area contributed by atoms with Gasteiger partial charge < -0.3 is 5.11 Å². The molecule has 0 atom stereocenters. The lowest BCUT2D eigenvalue weighted by Crippen LogP contribution is -2.01. The van der Waals surface area contributed by atoms with Crippen LogP contribution in [0.3, 0.4) is 0 Å². The largest absolute Gasteiger partial charge is 0.477 e. The van der Waals surface area contributed by atoms with E-state index in [1.165, 1.54) is 6.20 Å². The molecule has 4 nitrogen and oxygen atoms in total. The van der Waals surface area contributed by atoms with Gasteiger partial charge in [0, 0.05) is 21.4 Å². The van der Waals surface area contributed by atoms with Crippen LogP contribution in [0, 0.1) is 0 Å². The Morgan fingerprint density at radius 3 is 2.88 bits per heavy atom. The van der Waals surface area contributed by atoms with Crippen LogP contribution in [0.1, 0.15) is 10.5 Å². The molecule has 0 aliphatic heterocycles. The van der Waals surface area contributed by atoms with Gasteiger partial charge in [-0.15, -0.1) is 0 Å². The van der Waals surface area contributed by atoms with E-state index in [-0.39, 0.29) is 5.69 Å². The lowest BCUT2D eigenvalue weighted by Gasteiger charge is -2.03. The highest BCUT2D eigenvalue weighted by atomic mass is 79.9. The number of hydrogen-bond acceptors (Lipinski definition) is 2. The number of nitrogens with zero attached hydrogens (tertiary/aromatic N) is 2. The number of imidazole rings is 1. The van der Waals surface area contributed by atoms with Gasteiger partial charge in [-0.05, 0) is 12.1 Å². The normalized spacial score (nSPS) is 11.1. The predicted molar refractivity (Wildman–Crippen MR) is 67.4 cm³/mol. The fourth-order valence-corrected chi connectivity index (χ4v) is 2.42. The molecule has 2 heterocycles. The van der Waals surface area contributed by atoms with E-state index in [0.29, 0.717) is 5.65 Å². The van der Waals surface area contributed by atoms with Crippen molar-refractivity contribution < 1.29 is 9.90 Å². The molecule has 0 aliphatic carbocycles. The van der Waals surface area contributed by atoms with Crippen LogP contribution in [0.15, 0.2) is 41.1 Å². The van der Waals surface area contributed by atoms with E-state index in [9.17, 15) is 4.79 Å². The minimum atomic E-state index is -0.980. The van der Waals surface area contributed by atoms with Crippen molar-refractivity contribution in [3.8, 4) is 0 Å². The van der Waals surface area contributed by atoms with Crippen LogP contribution in [0.4, 0.5) is 0 Å². The van der Waals surface area contributed by atoms with Gasteiger partial charge in [0.2, 0.25) is 0 Å². The number of pyridine rings is 1. The molecule has 0 saturated carbocycles. The summed E-state index contributed by atoms with van der Waals surface area (Å²) in [6, 6.07) is 7.65. The molecule has 0 amide bonds. The van der Waals surface area contributed by atoms with Gasteiger partial charge in [0.1, 0.15) is 5.65 Å². The van der Waals surface area contributed by atoms with Crippen LogP contribution in [-0.4, -0.2) is 20.5 Å². The molecule has 0 saturated heterocycles. The minimum absolute atomic E-state index is 0.168. The lowest BCUT2D eigenvalue weighted by molar-refractivity contribution is 0.0689. The lowest BCUT2D eigenvalue weighted by atomic mass is 10.2. The van der Waals surface area contributed by atoms with Crippen molar-refractivity contribution in [2.45, 2.75) is 0 Å². The molecule has 0 fully saturated rings. The zero-order chi connectivity index (χ0) is 12.0. The zero-order valence-corrected chi connectivity index (χ0v) is 10.2. The average Bonchev–Trinajstić information content (AvgIpc) is 2.73. The van der Waals surface area contributed by atoms with Crippen molar-refractivity contribution >= 4 is 38.3 Å². The van der Waals surface area contributed by atoms with Crippen LogP contribution in [-0.2, 0) is 0 Å². The van der Waals surface area contributed by atoms with Gasteiger partial charge >= 0.3 is 5.97 Å². The van der Waals surface area contributed by atoms with Gasteiger partial charge in [0.15, 0.2) is 5.69 Å². The Labute approximate surface area is 105 Å². The third-order valence-corrected chi connectivity index (χ3v) is 3.39. The molecule has 0 aliphatic rings. The van der Waals surface area contributed by atoms with E-state index in [1.54, 1.807) is 10.6 Å². The summed E-state index contributed by atoms with van der Waals surface area (Å²) in [5, 5.41) is 11.0. The number of aromatic carboxylic acids is 1. The van der Waals surface area contributed by atoms with Crippen molar-refractivity contribution in [1.29, 1.82) is 0 Å². The van der Waals surface area contributed by atoms with Gasteiger partial charge in [-0.1, -0.05) is 28.1 Å². The number of rotatable bonds is 1. The molecule has 1 aromatic carbocycles. The Bertz CT molecular complexity index is 749. The van der Waals surface area contributed by atoms with E-state index >= 15 is 0 Å². The molecule has 1 N–H and O–H groups in total. The van der Waals surface area contributed by atoms with Gasteiger partial charge in [0.05, 0.1) is 6.20 Å². The van der Waals surface area contributed by atoms with Crippen LogP contribution in [0.5, 0.6) is 0 Å². The predicted octanol–water partition coefficient (Wildman–Crippen LogP) is 2.95. The van der Waals surface area contributed by atoms with Gasteiger partial charge in [-0.2, -0.15) is 0 Å². The highest BCUT2D eigenvalue weighted by Crippen LogP contribution is 2.26. The van der Waals surface area contributed by atoms with Gasteiger partial charge in [0.25, 0.3) is 0 Å². The number of carbonyl (C=O) groups is 1. The molecule has 2 aromatic heterocycles. The first-order valence-corrected chi connectivity index (χ1v) is 5.75. The Morgan fingerprint density at radius 2 is 2.12 bits per heavy atom. The number of benzene rings is 1. The molecule has 3 aromatic rings. The van der Waals surface area contributed by atoms with Gasteiger partial charge in [-0.25, -0.2) is 9.78 Å². The maximum Gasteiger partial charge on any atom is 0.354 e. The quantitative estimate of drug-likeness (QED) is 0.750. The summed E-state index contributed by atoms with van der Waals surface area (Å²) in [6.45, 7) is 0. The molecule has 0 spiro atoms. The second-order valence-electron chi connectivity index (χ2n) is 3.66. The van der Waals surface area contributed by atoms with Crippen molar-refractivity contribution in [3.63, 3.8) is 0 Å². The van der Waals surface area contributed by atoms with E-state index in [1.807, 2.05) is 24.3 Å². The third kappa shape index (κ3) is 1.43. The first kappa shape index (κ1) is 10.3. The monoisotopic (exact) mass is 290 g/mol. The number of carboxylic acids is 1. The molecule has 3 rings (SSSR count). The molecule has 84 valence electrons. The third-order valence-electron chi connectivity index (χ3n) is 2.70. The van der Waals surface area contributed by atoms with E-state index in [2.05, 4.69) is 20.9 Å². The summed E-state index contributed by atoms with van der Waals surface area (Å²) in [4.78, 5) is 15.2. The standard InChI is InChI=1S/C12H7BrN2O2/c13-9-3-1-2-8-7(9)4-5-15-10(12(16)17)6-14-11(8)15/h1-6H,(H,16,17). The van der Waals surface area contributed by atoms with Gasteiger partial charge in [-0.3, -0.25) is 4.40 Å². The maximum absolute atomic E-state index is 11.0. The van der Waals surface area contributed by atoms with Crippen molar-refractivity contribution in [3.05, 3.63) is 46.8 Å². The fourth-order valence-electron chi connectivity index (χ4n) is 1.92. The summed E-state index contributed by atoms with van der Waals surface area (Å²) in [6.07, 6.45) is 3.09. The minimum Gasteiger partial charge on any atom is -0.477 e. The Morgan fingerprint density at radius 1 is 1.29 bits per heavy atom. The van der Waals surface area contributed by atoms with E-state index in [0.717, 1.165) is 15.2 Å². The van der Waals surface area contributed by atoms with Crippen LogP contribution < -0.4 is 0 Å². The summed E-state index contributed by atoms with van der Waals surface area (Å²) in [5.74, 6) is -0.980. The number of hydrogen-bond donors (Lipinski definition) is 1. The number of halogens is 1. The Balaban J connectivity index is 2.50. The molecular formula is C12H7BrN2O2. The maximum atomic E-state index is 11.0. The number of aromatic nitrogens is 2. The number of fused-ring (bicyclic) bond motifs is 3. The summed E-state index contributed by atoms with van der Waals surface area (Å²) in [7, 11) is 0. The SMILES string of the molecule is O=C(O)c1cnc2c3cccc(Br)c3ccn12. The summed E-state index contributed by atoms with van der Waals surface area (Å²) in [5.41, 5.74) is 0.822. The highest BCUT2D eigenvalue weighted by molar-refractivity contribution is 9.10. The molecule has 5 heteroatoms. The van der Waals surface area contributed by atoms with Crippen molar-refractivity contribution in [2.75, 3.05) is 0 Å².